The maximum Gasteiger partial charge on any atom is 0.0271 e. The molecule has 0 aromatic heterocycles. The van der Waals surface area contributed by atoms with E-state index in [0.717, 1.165) is 0 Å². The zero-order valence-electron chi connectivity index (χ0n) is 3.37. The molecule has 0 N–H and O–H groups in total. The minimum absolute atomic E-state index is 1.18. The highest BCUT2D eigenvalue weighted by molar-refractivity contribution is 9.10. The summed E-state index contributed by atoms with van der Waals surface area (Å²) in [7, 11) is 0. The zero-order chi connectivity index (χ0) is 4.12. The second-order valence-electron chi connectivity index (χ2n) is 0.943. The quantitative estimate of drug-likeness (QED) is 0.546. The summed E-state index contributed by atoms with van der Waals surface area (Å²) >= 11 is 3.18. The summed E-state index contributed by atoms with van der Waals surface area (Å²) in [6.07, 6.45) is 2.42. The lowest BCUT2D eigenvalue weighted by Crippen LogP contribution is -1.56. The summed E-state index contributed by atoms with van der Waals surface area (Å²) in [4.78, 5) is 0. The van der Waals surface area contributed by atoms with Crippen LogP contribution < -0.4 is 0 Å². The highest BCUT2D eigenvalue weighted by atomic mass is 79.9. The van der Waals surface area contributed by atoms with E-state index in [4.69, 9.17) is 0 Å². The third kappa shape index (κ3) is 4.48. The molecule has 0 nitrogen and oxygen atoms in total. The van der Waals surface area contributed by atoms with Gasteiger partial charge in [0.25, 0.3) is 0 Å². The van der Waals surface area contributed by atoms with Crippen LogP contribution in [0.1, 0.15) is 19.8 Å². The second kappa shape index (κ2) is 4.48. The Morgan fingerprint density at radius 3 is 2.40 bits per heavy atom. The molecule has 0 atom stereocenters. The SMILES string of the molecule is CCC[CH]Br. The predicted octanol–water partition coefficient (Wildman–Crippen LogP) is 2.34. The van der Waals surface area contributed by atoms with E-state index in [1.54, 1.807) is 0 Å². The fraction of sp³-hybridized carbons (Fsp3) is 0.750. The van der Waals surface area contributed by atoms with Crippen LogP contribution in [0.2, 0.25) is 0 Å². The number of rotatable bonds is 2. The monoisotopic (exact) mass is 135 g/mol. The normalized spacial score (nSPS) is 8.40. The van der Waals surface area contributed by atoms with E-state index in [1.807, 2.05) is 5.33 Å². The molecule has 0 saturated heterocycles. The first-order chi connectivity index (χ1) is 2.41. The molecular formula is C4H8Br. The molecule has 0 amide bonds. The Labute approximate surface area is 41.7 Å². The van der Waals surface area contributed by atoms with E-state index in [9.17, 15) is 0 Å². The third-order valence-corrected chi connectivity index (χ3v) is 0.856. The van der Waals surface area contributed by atoms with E-state index in [2.05, 4.69) is 22.9 Å². The van der Waals surface area contributed by atoms with Crippen LogP contribution in [0.25, 0.3) is 0 Å². The lowest BCUT2D eigenvalue weighted by molar-refractivity contribution is 0.948. The lowest BCUT2D eigenvalue weighted by Gasteiger charge is -1.77. The molecule has 0 bridgehead atoms. The molecule has 0 heterocycles. The maximum absolute atomic E-state index is 3.18. The first-order valence-electron chi connectivity index (χ1n) is 1.83. The Morgan fingerprint density at radius 1 is 1.80 bits per heavy atom. The molecule has 0 aliphatic heterocycles. The topological polar surface area (TPSA) is 0 Å². The van der Waals surface area contributed by atoms with E-state index < -0.39 is 0 Å². The smallest absolute Gasteiger partial charge is 0.0271 e. The second-order valence-corrected chi connectivity index (χ2v) is 1.59. The van der Waals surface area contributed by atoms with Crippen molar-refractivity contribution in [1.29, 1.82) is 0 Å². The number of unbranched alkanes of at least 4 members (excludes halogenated alkanes) is 1. The number of hydrogen-bond donors (Lipinski definition) is 0. The van der Waals surface area contributed by atoms with Gasteiger partial charge >= 0.3 is 0 Å². The molecule has 0 aliphatic rings. The van der Waals surface area contributed by atoms with Gasteiger partial charge in [0.1, 0.15) is 0 Å². The first-order valence-corrected chi connectivity index (χ1v) is 2.75. The molecule has 0 unspecified atom stereocenters. The van der Waals surface area contributed by atoms with Gasteiger partial charge in [-0.1, -0.05) is 29.3 Å². The molecule has 0 aliphatic carbocycles. The minimum Gasteiger partial charge on any atom is -0.0879 e. The third-order valence-electron chi connectivity index (χ3n) is 0.398. The summed E-state index contributed by atoms with van der Waals surface area (Å²) in [6, 6.07) is 0. The zero-order valence-corrected chi connectivity index (χ0v) is 4.96. The van der Waals surface area contributed by atoms with Crippen LogP contribution >= 0.6 is 15.9 Å². The molecule has 0 aromatic rings. The van der Waals surface area contributed by atoms with Gasteiger partial charge in [0.2, 0.25) is 0 Å². The lowest BCUT2D eigenvalue weighted by atomic mass is 10.4. The Bertz CT molecular complexity index is 11.1. The van der Waals surface area contributed by atoms with Gasteiger partial charge < -0.3 is 0 Å². The largest absolute Gasteiger partial charge is 0.0879 e. The summed E-state index contributed by atoms with van der Waals surface area (Å²) in [5.74, 6) is 0. The van der Waals surface area contributed by atoms with Crippen molar-refractivity contribution in [3.8, 4) is 0 Å². The predicted molar refractivity (Wildman–Crippen MR) is 28.1 cm³/mol. The Balaban J connectivity index is 2.19. The molecule has 0 saturated carbocycles. The van der Waals surface area contributed by atoms with E-state index in [-0.39, 0.29) is 0 Å². The average Bonchev–Trinajstić information content (AvgIpc) is 1.41. The first kappa shape index (κ1) is 5.48. The van der Waals surface area contributed by atoms with E-state index in [0.29, 0.717) is 0 Å². The fourth-order valence-corrected chi connectivity index (χ4v) is 0.567. The van der Waals surface area contributed by atoms with Crippen molar-refractivity contribution >= 4 is 15.9 Å². The van der Waals surface area contributed by atoms with Crippen LogP contribution in [-0.2, 0) is 0 Å². The Morgan fingerprint density at radius 2 is 2.40 bits per heavy atom. The van der Waals surface area contributed by atoms with Crippen molar-refractivity contribution in [2.75, 3.05) is 0 Å². The maximum atomic E-state index is 3.18. The standard InChI is InChI=1S/C4H8Br/c1-2-3-4-5/h4H,2-3H2,1H3. The molecular weight excluding hydrogens is 128 g/mol. The van der Waals surface area contributed by atoms with Crippen molar-refractivity contribution in [1.82, 2.24) is 0 Å². The van der Waals surface area contributed by atoms with Gasteiger partial charge in [-0.2, -0.15) is 0 Å². The van der Waals surface area contributed by atoms with Gasteiger partial charge in [0.15, 0.2) is 0 Å². The van der Waals surface area contributed by atoms with Crippen LogP contribution in [0.5, 0.6) is 0 Å². The molecule has 31 valence electrons. The van der Waals surface area contributed by atoms with Gasteiger partial charge in [0.05, 0.1) is 0 Å². The van der Waals surface area contributed by atoms with E-state index in [1.165, 1.54) is 12.8 Å². The van der Waals surface area contributed by atoms with Gasteiger partial charge in [0, 0.05) is 5.33 Å². The highest BCUT2D eigenvalue weighted by Crippen LogP contribution is 1.96. The summed E-state index contributed by atoms with van der Waals surface area (Å²) in [6.45, 7) is 2.15. The molecule has 0 rings (SSSR count). The van der Waals surface area contributed by atoms with Crippen molar-refractivity contribution < 1.29 is 0 Å². The highest BCUT2D eigenvalue weighted by Gasteiger charge is 1.70. The molecule has 0 spiro atoms. The van der Waals surface area contributed by atoms with Crippen LogP contribution in [0.15, 0.2) is 0 Å². The van der Waals surface area contributed by atoms with E-state index >= 15 is 0 Å². The van der Waals surface area contributed by atoms with Crippen molar-refractivity contribution in [3.63, 3.8) is 0 Å². The molecule has 5 heavy (non-hydrogen) atoms. The van der Waals surface area contributed by atoms with Crippen LogP contribution in [0.3, 0.4) is 0 Å². The minimum atomic E-state index is 1.18. The van der Waals surface area contributed by atoms with Gasteiger partial charge in [-0.15, -0.1) is 0 Å². The van der Waals surface area contributed by atoms with Crippen LogP contribution in [-0.4, -0.2) is 0 Å². The number of hydrogen-bond acceptors (Lipinski definition) is 0. The number of halogens is 1. The summed E-state index contributed by atoms with van der Waals surface area (Å²) < 4.78 is 0. The van der Waals surface area contributed by atoms with Crippen molar-refractivity contribution in [2.45, 2.75) is 19.8 Å². The Hall–Kier alpha value is 0.480. The van der Waals surface area contributed by atoms with Crippen molar-refractivity contribution in [2.24, 2.45) is 0 Å². The fourth-order valence-electron chi connectivity index (χ4n) is 0.109. The van der Waals surface area contributed by atoms with Crippen LogP contribution in [0, 0.1) is 5.33 Å². The summed E-state index contributed by atoms with van der Waals surface area (Å²) in [5.41, 5.74) is 0. The van der Waals surface area contributed by atoms with Crippen LogP contribution in [0.4, 0.5) is 0 Å². The summed E-state index contributed by atoms with van der Waals surface area (Å²) in [5, 5.41) is 1.99. The van der Waals surface area contributed by atoms with Gasteiger partial charge in [-0.3, -0.25) is 0 Å². The van der Waals surface area contributed by atoms with Crippen molar-refractivity contribution in [3.05, 3.63) is 5.33 Å². The average molecular weight is 136 g/mol. The van der Waals surface area contributed by atoms with Gasteiger partial charge in [-0.05, 0) is 6.42 Å². The molecule has 0 aromatic carbocycles. The Kier molecular flexibility index (Phi) is 4.91. The molecule has 1 radical (unpaired) electrons. The molecule has 1 heteroatoms. The molecule has 0 fully saturated rings. The van der Waals surface area contributed by atoms with Gasteiger partial charge in [-0.25, -0.2) is 0 Å².